The summed E-state index contributed by atoms with van der Waals surface area (Å²) < 4.78 is 12.1. The zero-order chi connectivity index (χ0) is 13.4. The predicted molar refractivity (Wildman–Crippen MR) is 77.8 cm³/mol. The summed E-state index contributed by atoms with van der Waals surface area (Å²) in [6.07, 6.45) is 1.09. The lowest BCUT2D eigenvalue weighted by molar-refractivity contribution is 0.0923. The van der Waals surface area contributed by atoms with Gasteiger partial charge in [-0.2, -0.15) is 0 Å². The lowest BCUT2D eigenvalue weighted by Gasteiger charge is -2.10. The maximum Gasteiger partial charge on any atom is 0.133 e. The van der Waals surface area contributed by atoms with Gasteiger partial charge in [0.05, 0.1) is 11.1 Å². The topological polar surface area (TPSA) is 44.5 Å². The van der Waals surface area contributed by atoms with Crippen LogP contribution in [0, 0.1) is 5.92 Å². The first kappa shape index (κ1) is 15.5. The molecule has 0 spiro atoms. The van der Waals surface area contributed by atoms with Crippen LogP contribution in [0.5, 0.6) is 5.75 Å². The Kier molecular flexibility index (Phi) is 7.32. The van der Waals surface area contributed by atoms with Crippen LogP contribution in [0.1, 0.15) is 25.8 Å². The molecule has 0 aliphatic heterocycles. The van der Waals surface area contributed by atoms with Crippen LogP contribution in [-0.2, 0) is 11.3 Å². The molecule has 0 radical (unpaired) electrons. The van der Waals surface area contributed by atoms with E-state index in [0.717, 1.165) is 28.8 Å². The standard InChI is InChI=1S/C14H22BrNO2/c1-11(2)5-6-17-7-8-18-14-4-3-12(10-16)9-13(14)15/h3-4,9,11H,5-8,10,16H2,1-2H3. The maximum atomic E-state index is 5.63. The molecule has 18 heavy (non-hydrogen) atoms. The summed E-state index contributed by atoms with van der Waals surface area (Å²) in [5.41, 5.74) is 6.65. The van der Waals surface area contributed by atoms with E-state index in [2.05, 4.69) is 29.8 Å². The van der Waals surface area contributed by atoms with Crippen molar-refractivity contribution in [3.63, 3.8) is 0 Å². The molecular formula is C14H22BrNO2. The van der Waals surface area contributed by atoms with E-state index in [1.165, 1.54) is 0 Å². The van der Waals surface area contributed by atoms with Gasteiger partial charge in [-0.05, 0) is 46.0 Å². The van der Waals surface area contributed by atoms with Crippen molar-refractivity contribution in [2.24, 2.45) is 11.7 Å². The lowest BCUT2D eigenvalue weighted by atomic mass is 10.1. The van der Waals surface area contributed by atoms with Crippen LogP contribution in [0.2, 0.25) is 0 Å². The molecule has 0 fully saturated rings. The summed E-state index contributed by atoms with van der Waals surface area (Å²) in [5.74, 6) is 1.52. The quantitative estimate of drug-likeness (QED) is 0.748. The van der Waals surface area contributed by atoms with E-state index in [0.29, 0.717) is 25.7 Å². The SMILES string of the molecule is CC(C)CCOCCOc1ccc(CN)cc1Br. The molecule has 0 atom stereocenters. The van der Waals surface area contributed by atoms with Gasteiger partial charge < -0.3 is 15.2 Å². The van der Waals surface area contributed by atoms with E-state index in [-0.39, 0.29) is 0 Å². The largest absolute Gasteiger partial charge is 0.490 e. The second-order valence-electron chi connectivity index (χ2n) is 4.61. The predicted octanol–water partition coefficient (Wildman–Crippen LogP) is 3.35. The van der Waals surface area contributed by atoms with Gasteiger partial charge in [0.15, 0.2) is 0 Å². The van der Waals surface area contributed by atoms with Crippen LogP contribution in [0.3, 0.4) is 0 Å². The van der Waals surface area contributed by atoms with E-state index in [1.807, 2.05) is 18.2 Å². The molecule has 4 heteroatoms. The third-order valence-electron chi connectivity index (χ3n) is 2.56. The smallest absolute Gasteiger partial charge is 0.133 e. The van der Waals surface area contributed by atoms with Gasteiger partial charge in [0.2, 0.25) is 0 Å². The maximum absolute atomic E-state index is 5.63. The molecule has 0 saturated heterocycles. The van der Waals surface area contributed by atoms with Gasteiger partial charge in [0.1, 0.15) is 12.4 Å². The van der Waals surface area contributed by atoms with Gasteiger partial charge in [0.25, 0.3) is 0 Å². The average Bonchev–Trinajstić information content (AvgIpc) is 2.34. The molecule has 3 nitrogen and oxygen atoms in total. The Bertz CT molecular complexity index is 356. The van der Waals surface area contributed by atoms with Crippen molar-refractivity contribution < 1.29 is 9.47 Å². The Morgan fingerprint density at radius 3 is 2.61 bits per heavy atom. The summed E-state index contributed by atoms with van der Waals surface area (Å²) in [6, 6.07) is 5.88. The second-order valence-corrected chi connectivity index (χ2v) is 5.47. The number of hydrogen-bond acceptors (Lipinski definition) is 3. The van der Waals surface area contributed by atoms with Gasteiger partial charge in [-0.1, -0.05) is 19.9 Å². The number of ether oxygens (including phenoxy) is 2. The third-order valence-corrected chi connectivity index (χ3v) is 3.18. The van der Waals surface area contributed by atoms with Crippen LogP contribution in [0.4, 0.5) is 0 Å². The molecule has 0 bridgehead atoms. The molecule has 0 unspecified atom stereocenters. The van der Waals surface area contributed by atoms with Crippen LogP contribution in [0.25, 0.3) is 0 Å². The molecule has 0 aliphatic rings. The van der Waals surface area contributed by atoms with Gasteiger partial charge in [-0.25, -0.2) is 0 Å². The summed E-state index contributed by atoms with van der Waals surface area (Å²) in [6.45, 7) is 6.91. The van der Waals surface area contributed by atoms with E-state index >= 15 is 0 Å². The minimum absolute atomic E-state index is 0.539. The van der Waals surface area contributed by atoms with Crippen molar-refractivity contribution in [2.75, 3.05) is 19.8 Å². The highest BCUT2D eigenvalue weighted by molar-refractivity contribution is 9.10. The van der Waals surface area contributed by atoms with Crippen LogP contribution in [0.15, 0.2) is 22.7 Å². The Balaban J connectivity index is 2.23. The van der Waals surface area contributed by atoms with E-state index < -0.39 is 0 Å². The van der Waals surface area contributed by atoms with Crippen molar-refractivity contribution in [1.82, 2.24) is 0 Å². The zero-order valence-corrected chi connectivity index (χ0v) is 12.7. The third kappa shape index (κ3) is 5.85. The number of nitrogens with two attached hydrogens (primary N) is 1. The normalized spacial score (nSPS) is 10.9. The molecule has 0 aliphatic carbocycles. The summed E-state index contributed by atoms with van der Waals surface area (Å²) in [5, 5.41) is 0. The molecule has 102 valence electrons. The highest BCUT2D eigenvalue weighted by atomic mass is 79.9. The first-order valence-corrected chi connectivity index (χ1v) is 7.11. The minimum Gasteiger partial charge on any atom is -0.490 e. The molecule has 1 rings (SSSR count). The molecule has 1 aromatic carbocycles. The fraction of sp³-hybridized carbons (Fsp3) is 0.571. The van der Waals surface area contributed by atoms with Crippen LogP contribution < -0.4 is 10.5 Å². The number of benzene rings is 1. The van der Waals surface area contributed by atoms with Gasteiger partial charge in [0, 0.05) is 13.2 Å². The van der Waals surface area contributed by atoms with Gasteiger partial charge in [-0.3, -0.25) is 0 Å². The number of halogens is 1. The Hall–Kier alpha value is -0.580. The van der Waals surface area contributed by atoms with E-state index in [9.17, 15) is 0 Å². The van der Waals surface area contributed by atoms with Crippen LogP contribution in [-0.4, -0.2) is 19.8 Å². The highest BCUT2D eigenvalue weighted by Gasteiger charge is 2.02. The van der Waals surface area contributed by atoms with E-state index in [1.54, 1.807) is 0 Å². The summed E-state index contributed by atoms with van der Waals surface area (Å²) >= 11 is 3.47. The van der Waals surface area contributed by atoms with Gasteiger partial charge >= 0.3 is 0 Å². The molecule has 0 heterocycles. The number of hydrogen-bond donors (Lipinski definition) is 1. The molecule has 0 amide bonds. The van der Waals surface area contributed by atoms with Crippen molar-refractivity contribution >= 4 is 15.9 Å². The van der Waals surface area contributed by atoms with Crippen molar-refractivity contribution in [1.29, 1.82) is 0 Å². The van der Waals surface area contributed by atoms with Crippen LogP contribution >= 0.6 is 15.9 Å². The first-order valence-electron chi connectivity index (χ1n) is 6.32. The fourth-order valence-electron chi connectivity index (χ4n) is 1.42. The van der Waals surface area contributed by atoms with Crippen molar-refractivity contribution in [2.45, 2.75) is 26.8 Å². The Morgan fingerprint density at radius 2 is 2.00 bits per heavy atom. The summed E-state index contributed by atoms with van der Waals surface area (Å²) in [7, 11) is 0. The number of rotatable bonds is 8. The Morgan fingerprint density at radius 1 is 1.22 bits per heavy atom. The van der Waals surface area contributed by atoms with Crippen molar-refractivity contribution in [3.8, 4) is 5.75 Å². The molecular weight excluding hydrogens is 294 g/mol. The van der Waals surface area contributed by atoms with Crippen molar-refractivity contribution in [3.05, 3.63) is 28.2 Å². The molecule has 0 aromatic heterocycles. The molecule has 0 saturated carbocycles. The molecule has 2 N–H and O–H groups in total. The zero-order valence-electron chi connectivity index (χ0n) is 11.1. The minimum atomic E-state index is 0.539. The lowest BCUT2D eigenvalue weighted by Crippen LogP contribution is -2.09. The van der Waals surface area contributed by atoms with E-state index in [4.69, 9.17) is 15.2 Å². The van der Waals surface area contributed by atoms with Gasteiger partial charge in [-0.15, -0.1) is 0 Å². The summed E-state index contributed by atoms with van der Waals surface area (Å²) in [4.78, 5) is 0. The second kappa shape index (κ2) is 8.51. The Labute approximate surface area is 118 Å². The highest BCUT2D eigenvalue weighted by Crippen LogP contribution is 2.25. The fourth-order valence-corrected chi connectivity index (χ4v) is 1.96. The first-order chi connectivity index (χ1) is 8.63. The average molecular weight is 316 g/mol. The monoisotopic (exact) mass is 315 g/mol. The molecule has 1 aromatic rings.